The molecule has 2 heterocycles. The zero-order valence-corrected chi connectivity index (χ0v) is 14.6. The number of hydrogen-bond donors (Lipinski definition) is 0. The molecule has 2 aromatic heterocycles. The fourth-order valence-electron chi connectivity index (χ4n) is 2.34. The number of benzene rings is 1. The van der Waals surface area contributed by atoms with E-state index in [1.54, 1.807) is 36.5 Å². The van der Waals surface area contributed by atoms with E-state index >= 15 is 0 Å². The number of halogens is 1. The minimum atomic E-state index is -0.638. The van der Waals surface area contributed by atoms with E-state index in [0.29, 0.717) is 11.0 Å². The molecule has 0 bridgehead atoms. The fourth-order valence-corrected chi connectivity index (χ4v) is 2.72. The standard InChI is InChI=1S/C18H15BrN2O3/c1-2-7-21-11-12(10-20-21)3-5-16(22)15-9-13-8-14(19)4-6-17(13)24-18(15)23/h3-6,8-11H,2,7H2,1H3/b5-3+. The van der Waals surface area contributed by atoms with Crippen LogP contribution in [-0.4, -0.2) is 15.6 Å². The molecule has 0 aliphatic carbocycles. The first-order valence-corrected chi connectivity index (χ1v) is 8.34. The van der Waals surface area contributed by atoms with Crippen molar-refractivity contribution in [2.75, 3.05) is 0 Å². The van der Waals surface area contributed by atoms with Gasteiger partial charge in [0.25, 0.3) is 0 Å². The Morgan fingerprint density at radius 2 is 2.21 bits per heavy atom. The summed E-state index contributed by atoms with van der Waals surface area (Å²) < 4.78 is 7.87. The fraction of sp³-hybridized carbons (Fsp3) is 0.167. The summed E-state index contributed by atoms with van der Waals surface area (Å²) in [6.07, 6.45) is 7.53. The van der Waals surface area contributed by atoms with Gasteiger partial charge in [0, 0.05) is 28.2 Å². The number of carbonyl (C=O) groups is 1. The highest BCUT2D eigenvalue weighted by Gasteiger charge is 2.11. The van der Waals surface area contributed by atoms with Gasteiger partial charge < -0.3 is 4.42 Å². The normalized spacial score (nSPS) is 11.4. The van der Waals surface area contributed by atoms with Gasteiger partial charge in [-0.1, -0.05) is 22.9 Å². The molecule has 0 N–H and O–H groups in total. The summed E-state index contributed by atoms with van der Waals surface area (Å²) >= 11 is 3.36. The summed E-state index contributed by atoms with van der Waals surface area (Å²) in [6, 6.07) is 6.82. The van der Waals surface area contributed by atoms with Crippen LogP contribution in [0.15, 0.2) is 56.4 Å². The third-order valence-electron chi connectivity index (χ3n) is 3.49. The molecule has 1 aromatic carbocycles. The Bertz CT molecular complexity index is 985. The van der Waals surface area contributed by atoms with Crippen molar-refractivity contribution in [2.45, 2.75) is 19.9 Å². The number of rotatable bonds is 5. The molecule has 6 heteroatoms. The quantitative estimate of drug-likeness (QED) is 0.376. The largest absolute Gasteiger partial charge is 0.422 e. The Kier molecular flexibility index (Phi) is 4.76. The molecule has 5 nitrogen and oxygen atoms in total. The average molecular weight is 387 g/mol. The zero-order chi connectivity index (χ0) is 17.1. The molecule has 0 saturated heterocycles. The molecule has 0 fully saturated rings. The van der Waals surface area contributed by atoms with E-state index in [1.165, 1.54) is 6.08 Å². The second-order valence-corrected chi connectivity index (χ2v) is 6.28. The van der Waals surface area contributed by atoms with Gasteiger partial charge in [0.05, 0.1) is 6.20 Å². The summed E-state index contributed by atoms with van der Waals surface area (Å²) in [5.41, 5.74) is 0.633. The van der Waals surface area contributed by atoms with Crippen LogP contribution in [0.5, 0.6) is 0 Å². The molecule has 0 atom stereocenters. The molecule has 3 rings (SSSR count). The predicted molar refractivity (Wildman–Crippen MR) is 96.1 cm³/mol. The van der Waals surface area contributed by atoms with E-state index in [9.17, 15) is 9.59 Å². The Balaban J connectivity index is 1.88. The van der Waals surface area contributed by atoms with Crippen LogP contribution in [0.25, 0.3) is 17.0 Å². The lowest BCUT2D eigenvalue weighted by Gasteiger charge is -2.00. The second-order valence-electron chi connectivity index (χ2n) is 5.36. The molecule has 0 spiro atoms. The molecule has 3 aromatic rings. The zero-order valence-electron chi connectivity index (χ0n) is 13.0. The Labute approximate surface area is 146 Å². The van der Waals surface area contributed by atoms with Gasteiger partial charge in [-0.2, -0.15) is 5.10 Å². The summed E-state index contributed by atoms with van der Waals surface area (Å²) in [5, 5.41) is 4.88. The first-order chi connectivity index (χ1) is 11.6. The Morgan fingerprint density at radius 1 is 1.38 bits per heavy atom. The van der Waals surface area contributed by atoms with E-state index in [0.717, 1.165) is 23.0 Å². The third-order valence-corrected chi connectivity index (χ3v) is 3.99. The van der Waals surface area contributed by atoms with Crippen LogP contribution in [0.2, 0.25) is 0 Å². The van der Waals surface area contributed by atoms with Gasteiger partial charge in [-0.05, 0) is 42.8 Å². The molecule has 24 heavy (non-hydrogen) atoms. The molecule has 122 valence electrons. The SMILES string of the molecule is CCCn1cc(/C=C/C(=O)c2cc3cc(Br)ccc3oc2=O)cn1. The highest BCUT2D eigenvalue weighted by molar-refractivity contribution is 9.10. The number of aryl methyl sites for hydroxylation is 1. The van der Waals surface area contributed by atoms with Gasteiger partial charge in [0.15, 0.2) is 5.78 Å². The number of allylic oxidation sites excluding steroid dienone is 1. The number of hydrogen-bond acceptors (Lipinski definition) is 4. The van der Waals surface area contributed by atoms with E-state index in [1.807, 2.05) is 10.9 Å². The van der Waals surface area contributed by atoms with E-state index in [-0.39, 0.29) is 5.56 Å². The minimum absolute atomic E-state index is 0.0119. The number of aromatic nitrogens is 2. The number of fused-ring (bicyclic) bond motifs is 1. The summed E-state index contributed by atoms with van der Waals surface area (Å²) in [7, 11) is 0. The molecule has 0 saturated carbocycles. The van der Waals surface area contributed by atoms with Gasteiger partial charge in [0.1, 0.15) is 11.1 Å². The first-order valence-electron chi connectivity index (χ1n) is 7.55. The first kappa shape index (κ1) is 16.4. The highest BCUT2D eigenvalue weighted by atomic mass is 79.9. The minimum Gasteiger partial charge on any atom is -0.422 e. The van der Waals surface area contributed by atoms with Crippen molar-refractivity contribution in [2.24, 2.45) is 0 Å². The van der Waals surface area contributed by atoms with Gasteiger partial charge in [-0.25, -0.2) is 4.79 Å². The van der Waals surface area contributed by atoms with Gasteiger partial charge >= 0.3 is 5.63 Å². The van der Waals surface area contributed by atoms with Crippen LogP contribution in [0, 0.1) is 0 Å². The Hall–Kier alpha value is -2.47. The Morgan fingerprint density at radius 3 is 3.00 bits per heavy atom. The van der Waals surface area contributed by atoms with Crippen LogP contribution in [0.4, 0.5) is 0 Å². The molecule has 0 radical (unpaired) electrons. The van der Waals surface area contributed by atoms with E-state index in [4.69, 9.17) is 4.42 Å². The maximum atomic E-state index is 12.3. The van der Waals surface area contributed by atoms with Crippen molar-refractivity contribution in [3.63, 3.8) is 0 Å². The molecular weight excluding hydrogens is 372 g/mol. The monoisotopic (exact) mass is 386 g/mol. The maximum absolute atomic E-state index is 12.3. The summed E-state index contributed by atoms with van der Waals surface area (Å²) in [4.78, 5) is 24.3. The van der Waals surface area contributed by atoms with Crippen molar-refractivity contribution in [1.82, 2.24) is 9.78 Å². The predicted octanol–water partition coefficient (Wildman–Crippen LogP) is 4.06. The van der Waals surface area contributed by atoms with Crippen molar-refractivity contribution in [3.8, 4) is 0 Å². The van der Waals surface area contributed by atoms with Crippen LogP contribution >= 0.6 is 15.9 Å². The van der Waals surface area contributed by atoms with Crippen LogP contribution in [-0.2, 0) is 6.54 Å². The smallest absolute Gasteiger partial charge is 0.347 e. The molecule has 0 aliphatic heterocycles. The number of carbonyl (C=O) groups excluding carboxylic acids is 1. The van der Waals surface area contributed by atoms with Crippen LogP contribution < -0.4 is 5.63 Å². The number of nitrogens with zero attached hydrogens (tertiary/aromatic N) is 2. The van der Waals surface area contributed by atoms with Gasteiger partial charge in [-0.3, -0.25) is 9.48 Å². The van der Waals surface area contributed by atoms with Crippen molar-refractivity contribution >= 4 is 38.8 Å². The maximum Gasteiger partial charge on any atom is 0.347 e. The van der Waals surface area contributed by atoms with Crippen molar-refractivity contribution < 1.29 is 9.21 Å². The lowest BCUT2D eigenvalue weighted by Crippen LogP contribution is -2.11. The lowest BCUT2D eigenvalue weighted by atomic mass is 10.1. The topological polar surface area (TPSA) is 65.1 Å². The highest BCUT2D eigenvalue weighted by Crippen LogP contribution is 2.19. The van der Waals surface area contributed by atoms with Crippen molar-refractivity contribution in [1.29, 1.82) is 0 Å². The number of ketones is 1. The van der Waals surface area contributed by atoms with Gasteiger partial charge in [0.2, 0.25) is 0 Å². The lowest BCUT2D eigenvalue weighted by molar-refractivity contribution is 0.104. The third kappa shape index (κ3) is 3.54. The second kappa shape index (κ2) is 6.97. The molecule has 0 aliphatic rings. The van der Waals surface area contributed by atoms with Crippen molar-refractivity contribution in [3.05, 3.63) is 68.8 Å². The summed E-state index contributed by atoms with van der Waals surface area (Å²) in [6.45, 7) is 2.89. The van der Waals surface area contributed by atoms with E-state index in [2.05, 4.69) is 28.0 Å². The molecule has 0 amide bonds. The molecular formula is C18H15BrN2O3. The average Bonchev–Trinajstić information content (AvgIpc) is 3.00. The molecule has 0 unspecified atom stereocenters. The summed E-state index contributed by atoms with van der Waals surface area (Å²) in [5.74, 6) is -0.395. The van der Waals surface area contributed by atoms with Crippen LogP contribution in [0.3, 0.4) is 0 Å². The van der Waals surface area contributed by atoms with Crippen LogP contribution in [0.1, 0.15) is 29.3 Å². The van der Waals surface area contributed by atoms with Gasteiger partial charge in [-0.15, -0.1) is 0 Å². The van der Waals surface area contributed by atoms with E-state index < -0.39 is 11.4 Å².